The van der Waals surface area contributed by atoms with Crippen molar-refractivity contribution < 1.29 is 28.5 Å². The number of carbonyl (C=O) groups is 1. The number of aliphatic carboxylic acids is 1. The predicted octanol–water partition coefficient (Wildman–Crippen LogP) is 2.30. The maximum Gasteiger partial charge on any atom is 0.235 e. The van der Waals surface area contributed by atoms with Gasteiger partial charge in [0.25, 0.3) is 0 Å². The number of aryl methyl sites for hydroxylation is 1. The first-order valence-corrected chi connectivity index (χ1v) is 8.53. The molecule has 3 rings (SSSR count). The van der Waals surface area contributed by atoms with Gasteiger partial charge in [0, 0.05) is 5.56 Å². The van der Waals surface area contributed by atoms with Crippen LogP contribution in [0.2, 0.25) is 0 Å². The van der Waals surface area contributed by atoms with Crippen LogP contribution in [0.15, 0.2) is 45.6 Å². The van der Waals surface area contributed by atoms with E-state index in [1.807, 2.05) is 6.92 Å². The highest BCUT2D eigenvalue weighted by Crippen LogP contribution is 2.37. The minimum atomic E-state index is -1.44. The lowest BCUT2D eigenvalue weighted by Crippen LogP contribution is -2.38. The van der Waals surface area contributed by atoms with Gasteiger partial charge in [-0.3, -0.25) is 4.79 Å². The molecule has 0 aliphatic heterocycles. The highest BCUT2D eigenvalue weighted by Gasteiger charge is 2.21. The lowest BCUT2D eigenvalue weighted by molar-refractivity contribution is -0.312. The van der Waals surface area contributed by atoms with Crippen LogP contribution < -0.4 is 24.7 Å². The van der Waals surface area contributed by atoms with E-state index in [2.05, 4.69) is 0 Å². The quantitative estimate of drug-likeness (QED) is 0.644. The fourth-order valence-corrected chi connectivity index (χ4v) is 2.78. The Kier molecular flexibility index (Phi) is 5.26. The second kappa shape index (κ2) is 7.64. The Hall–Kier alpha value is -3.48. The van der Waals surface area contributed by atoms with E-state index in [1.165, 1.54) is 21.1 Å². The van der Waals surface area contributed by atoms with Gasteiger partial charge in [0.05, 0.1) is 25.6 Å². The molecule has 0 aliphatic carbocycles. The van der Waals surface area contributed by atoms with Crippen LogP contribution in [0.5, 0.6) is 17.2 Å². The Morgan fingerprint density at radius 2 is 1.79 bits per heavy atom. The van der Waals surface area contributed by atoms with E-state index < -0.39 is 17.5 Å². The number of ether oxygens (including phenoxy) is 3. The molecule has 1 aromatic heterocycles. The molecule has 0 N–H and O–H groups in total. The summed E-state index contributed by atoms with van der Waals surface area (Å²) in [6.07, 6.45) is -1.34. The second-order valence-electron chi connectivity index (χ2n) is 6.24. The van der Waals surface area contributed by atoms with E-state index in [-0.39, 0.29) is 16.9 Å². The summed E-state index contributed by atoms with van der Waals surface area (Å²) in [6.45, 7) is 3.16. The molecule has 0 amide bonds. The molecule has 0 radical (unpaired) electrons. The van der Waals surface area contributed by atoms with E-state index in [0.29, 0.717) is 22.6 Å². The van der Waals surface area contributed by atoms with Crippen molar-refractivity contribution in [2.75, 3.05) is 14.2 Å². The van der Waals surface area contributed by atoms with Crippen LogP contribution in [0.1, 0.15) is 12.5 Å². The fraction of sp³-hybridized carbons (Fsp3) is 0.238. The molecule has 1 atom stereocenters. The molecule has 2 aromatic carbocycles. The second-order valence-corrected chi connectivity index (χ2v) is 6.24. The molecule has 3 aromatic rings. The summed E-state index contributed by atoms with van der Waals surface area (Å²) < 4.78 is 21.9. The largest absolute Gasteiger partial charge is 0.546 e. The van der Waals surface area contributed by atoms with Crippen molar-refractivity contribution in [1.29, 1.82) is 0 Å². The fourth-order valence-electron chi connectivity index (χ4n) is 2.78. The van der Waals surface area contributed by atoms with Crippen molar-refractivity contribution >= 4 is 16.9 Å². The summed E-state index contributed by atoms with van der Waals surface area (Å²) in [6, 6.07) is 10.0. The maximum atomic E-state index is 13.0. The molecule has 0 spiro atoms. The van der Waals surface area contributed by atoms with E-state index in [1.54, 1.807) is 36.4 Å². The standard InChI is InChI=1S/C21H20O7/c1-11-5-7-14-16(9-11)28-19(20(18(14)22)27-12(2)21(23)24)13-6-8-15(25-3)17(10-13)26-4/h5-10,12H,1-4H3,(H,23,24)/p-1/t12-/m0/s1. The van der Waals surface area contributed by atoms with Gasteiger partial charge in [-0.1, -0.05) is 6.07 Å². The average Bonchev–Trinajstić information content (AvgIpc) is 2.68. The first-order valence-electron chi connectivity index (χ1n) is 8.53. The Morgan fingerprint density at radius 3 is 2.43 bits per heavy atom. The molecule has 7 nitrogen and oxygen atoms in total. The van der Waals surface area contributed by atoms with Crippen LogP contribution in [-0.4, -0.2) is 26.3 Å². The highest BCUT2D eigenvalue weighted by atomic mass is 16.5. The molecule has 0 bridgehead atoms. The van der Waals surface area contributed by atoms with Crippen molar-refractivity contribution in [2.45, 2.75) is 20.0 Å². The number of carboxylic acid groups (broad SMARTS) is 1. The minimum Gasteiger partial charge on any atom is -0.546 e. The summed E-state index contributed by atoms with van der Waals surface area (Å²) in [5.74, 6) is -0.638. The maximum absolute atomic E-state index is 13.0. The molecule has 0 saturated carbocycles. The normalized spacial score (nSPS) is 11.9. The smallest absolute Gasteiger partial charge is 0.235 e. The zero-order valence-electron chi connectivity index (χ0n) is 15.9. The number of benzene rings is 2. The number of hydrogen-bond donors (Lipinski definition) is 0. The van der Waals surface area contributed by atoms with Crippen molar-refractivity contribution in [3.63, 3.8) is 0 Å². The molecule has 7 heteroatoms. The predicted molar refractivity (Wildman–Crippen MR) is 101 cm³/mol. The average molecular weight is 383 g/mol. The monoisotopic (exact) mass is 383 g/mol. The van der Waals surface area contributed by atoms with Crippen molar-refractivity contribution in [1.82, 2.24) is 0 Å². The molecule has 1 heterocycles. The van der Waals surface area contributed by atoms with Gasteiger partial charge in [0.2, 0.25) is 11.2 Å². The molecular formula is C21H19O7-. The molecule has 146 valence electrons. The first kappa shape index (κ1) is 19.3. The van der Waals surface area contributed by atoms with Gasteiger partial charge < -0.3 is 28.5 Å². The van der Waals surface area contributed by atoms with Crippen LogP contribution in [0.4, 0.5) is 0 Å². The van der Waals surface area contributed by atoms with Crippen molar-refractivity contribution in [2.24, 2.45) is 0 Å². The number of rotatable bonds is 6. The van der Waals surface area contributed by atoms with E-state index >= 15 is 0 Å². The van der Waals surface area contributed by atoms with Gasteiger partial charge in [-0.15, -0.1) is 0 Å². The summed E-state index contributed by atoms with van der Waals surface area (Å²) in [5.41, 5.74) is 1.27. The molecular weight excluding hydrogens is 364 g/mol. The molecule has 0 unspecified atom stereocenters. The third kappa shape index (κ3) is 3.51. The first-order chi connectivity index (χ1) is 13.3. The molecule has 0 aliphatic rings. The summed E-state index contributed by atoms with van der Waals surface area (Å²) in [4.78, 5) is 24.2. The van der Waals surface area contributed by atoms with Gasteiger partial charge in [-0.2, -0.15) is 0 Å². The van der Waals surface area contributed by atoms with Gasteiger partial charge in [0.15, 0.2) is 17.3 Å². The number of hydrogen-bond acceptors (Lipinski definition) is 7. The lowest BCUT2D eigenvalue weighted by Gasteiger charge is -2.18. The Bertz CT molecular complexity index is 1100. The van der Waals surface area contributed by atoms with Crippen molar-refractivity contribution in [3.8, 4) is 28.6 Å². The van der Waals surface area contributed by atoms with Gasteiger partial charge in [-0.25, -0.2) is 0 Å². The number of methoxy groups -OCH3 is 2. The zero-order valence-corrected chi connectivity index (χ0v) is 15.9. The number of fused-ring (bicyclic) bond motifs is 1. The lowest BCUT2D eigenvalue weighted by atomic mass is 10.1. The van der Waals surface area contributed by atoms with Crippen LogP contribution >= 0.6 is 0 Å². The molecule has 28 heavy (non-hydrogen) atoms. The van der Waals surface area contributed by atoms with Crippen LogP contribution in [0, 0.1) is 6.92 Å². The van der Waals surface area contributed by atoms with E-state index in [4.69, 9.17) is 18.6 Å². The Balaban J connectivity index is 2.30. The third-order valence-corrected chi connectivity index (χ3v) is 4.28. The topological polar surface area (TPSA) is 98.0 Å². The Morgan fingerprint density at radius 1 is 1.07 bits per heavy atom. The number of carboxylic acids is 1. The van der Waals surface area contributed by atoms with Crippen LogP contribution in [-0.2, 0) is 4.79 Å². The third-order valence-electron chi connectivity index (χ3n) is 4.28. The SMILES string of the molecule is COc1ccc(-c2oc3cc(C)ccc3c(=O)c2O[C@@H](C)C(=O)[O-])cc1OC. The summed E-state index contributed by atoms with van der Waals surface area (Å²) in [5, 5.41) is 11.4. The zero-order chi connectivity index (χ0) is 20.4. The Labute approximate surface area is 161 Å². The molecule has 0 fully saturated rings. The summed E-state index contributed by atoms with van der Waals surface area (Å²) in [7, 11) is 2.99. The molecule has 0 saturated heterocycles. The summed E-state index contributed by atoms with van der Waals surface area (Å²) >= 11 is 0. The highest BCUT2D eigenvalue weighted by molar-refractivity contribution is 5.83. The van der Waals surface area contributed by atoms with Gasteiger partial charge in [0.1, 0.15) is 11.7 Å². The van der Waals surface area contributed by atoms with Gasteiger partial charge in [-0.05, 0) is 49.7 Å². The minimum absolute atomic E-state index is 0.0946. The van der Waals surface area contributed by atoms with Crippen molar-refractivity contribution in [3.05, 3.63) is 52.2 Å². The van der Waals surface area contributed by atoms with Crippen LogP contribution in [0.25, 0.3) is 22.3 Å². The van der Waals surface area contributed by atoms with E-state index in [9.17, 15) is 14.7 Å². The van der Waals surface area contributed by atoms with Gasteiger partial charge >= 0.3 is 0 Å². The van der Waals surface area contributed by atoms with E-state index in [0.717, 1.165) is 5.56 Å². The number of carbonyl (C=O) groups excluding carboxylic acids is 1. The van der Waals surface area contributed by atoms with Crippen LogP contribution in [0.3, 0.4) is 0 Å².